The smallest absolute Gasteiger partial charge is 0.319 e. The minimum absolute atomic E-state index is 0.345. The van der Waals surface area contributed by atoms with Crippen LogP contribution in [-0.4, -0.2) is 22.8 Å². The average molecular weight is 374 g/mol. The van der Waals surface area contributed by atoms with E-state index in [1.54, 1.807) is 24.4 Å². The molecule has 0 fully saturated rings. The minimum atomic E-state index is -0.361. The number of ether oxygens (including phenoxy) is 1. The van der Waals surface area contributed by atoms with Gasteiger partial charge < -0.3 is 15.4 Å². The predicted octanol–water partition coefficient (Wildman–Crippen LogP) is 3.55. The molecule has 0 radical (unpaired) electrons. The Balaban J connectivity index is 2.05. The molecular formula is C13H14BrClN4O2. The number of nitrogens with zero attached hydrogens (tertiary/aromatic N) is 1. The van der Waals surface area contributed by atoms with Crippen LogP contribution in [0, 0.1) is 0 Å². The Morgan fingerprint density at radius 1 is 1.52 bits per heavy atom. The zero-order valence-electron chi connectivity index (χ0n) is 11.2. The summed E-state index contributed by atoms with van der Waals surface area (Å²) in [5, 5.41) is 12.5. The summed E-state index contributed by atoms with van der Waals surface area (Å²) in [6.45, 7) is 2.69. The van der Waals surface area contributed by atoms with Crippen molar-refractivity contribution in [1.82, 2.24) is 15.5 Å². The molecule has 112 valence electrons. The number of carbonyl (C=O) groups excluding carboxylic acids is 1. The number of carbonyl (C=O) groups is 1. The minimum Gasteiger partial charge on any atom is -0.491 e. The number of halogens is 2. The second-order valence-electron chi connectivity index (χ2n) is 4.09. The maximum Gasteiger partial charge on any atom is 0.319 e. The number of amides is 2. The maximum atomic E-state index is 11.9. The van der Waals surface area contributed by atoms with Gasteiger partial charge in [-0.05, 0) is 41.1 Å². The Bertz CT molecular complexity index is 619. The number of hydrogen-bond donors (Lipinski definition) is 3. The highest BCUT2D eigenvalue weighted by atomic mass is 79.9. The normalized spacial score (nSPS) is 10.2. The van der Waals surface area contributed by atoms with Gasteiger partial charge in [0, 0.05) is 11.2 Å². The summed E-state index contributed by atoms with van der Waals surface area (Å²) >= 11 is 9.36. The number of urea groups is 1. The number of rotatable bonds is 5. The number of aromatic nitrogens is 2. The molecule has 0 spiro atoms. The fourth-order valence-electron chi connectivity index (χ4n) is 1.67. The highest BCUT2D eigenvalue weighted by Crippen LogP contribution is 2.36. The van der Waals surface area contributed by atoms with E-state index in [0.717, 1.165) is 5.69 Å². The summed E-state index contributed by atoms with van der Waals surface area (Å²) in [6, 6.07) is 4.76. The quantitative estimate of drug-likeness (QED) is 0.750. The lowest BCUT2D eigenvalue weighted by Crippen LogP contribution is -2.28. The molecule has 1 aromatic heterocycles. The molecule has 1 heterocycles. The van der Waals surface area contributed by atoms with Crippen molar-refractivity contribution in [2.24, 2.45) is 0 Å². The van der Waals surface area contributed by atoms with Crippen LogP contribution in [-0.2, 0) is 6.54 Å². The van der Waals surface area contributed by atoms with Crippen LogP contribution in [0.3, 0.4) is 0 Å². The van der Waals surface area contributed by atoms with Crippen molar-refractivity contribution in [2.75, 3.05) is 11.9 Å². The first-order valence-electron chi connectivity index (χ1n) is 6.25. The lowest BCUT2D eigenvalue weighted by molar-refractivity contribution is 0.251. The third-order valence-corrected chi connectivity index (χ3v) is 3.35. The number of aromatic amines is 1. The molecule has 2 rings (SSSR count). The number of hydrogen-bond acceptors (Lipinski definition) is 3. The molecule has 0 saturated carbocycles. The first-order valence-corrected chi connectivity index (χ1v) is 7.42. The Morgan fingerprint density at radius 2 is 2.33 bits per heavy atom. The monoisotopic (exact) mass is 372 g/mol. The Morgan fingerprint density at radius 3 is 3.00 bits per heavy atom. The second-order valence-corrected chi connectivity index (χ2v) is 5.38. The topological polar surface area (TPSA) is 79.0 Å². The summed E-state index contributed by atoms with van der Waals surface area (Å²) in [5.74, 6) is 0.540. The van der Waals surface area contributed by atoms with Crippen molar-refractivity contribution in [3.05, 3.63) is 39.6 Å². The van der Waals surface area contributed by atoms with Crippen molar-refractivity contribution in [1.29, 1.82) is 0 Å². The van der Waals surface area contributed by atoms with Crippen LogP contribution in [0.2, 0.25) is 5.02 Å². The van der Waals surface area contributed by atoms with E-state index < -0.39 is 0 Å². The molecule has 0 aliphatic rings. The number of anilines is 1. The van der Waals surface area contributed by atoms with Crippen molar-refractivity contribution in [3.8, 4) is 5.75 Å². The van der Waals surface area contributed by atoms with Crippen LogP contribution in [0.1, 0.15) is 12.6 Å². The van der Waals surface area contributed by atoms with Gasteiger partial charge in [0.1, 0.15) is 0 Å². The average Bonchev–Trinajstić information content (AvgIpc) is 2.93. The Kier molecular flexibility index (Phi) is 5.46. The molecule has 0 aliphatic heterocycles. The second kappa shape index (κ2) is 7.33. The van der Waals surface area contributed by atoms with E-state index in [-0.39, 0.29) is 6.03 Å². The van der Waals surface area contributed by atoms with Gasteiger partial charge in [-0.3, -0.25) is 5.10 Å². The predicted molar refractivity (Wildman–Crippen MR) is 84.8 cm³/mol. The Labute approximate surface area is 135 Å². The standard InChI is InChI=1S/C13H14BrClN4O2/c1-2-21-12-10(14)5-8(15)6-11(12)18-13(20)16-7-9-3-4-17-19-9/h3-6H,2,7H2,1H3,(H,17,19)(H2,16,18,20). The van der Waals surface area contributed by atoms with Crippen LogP contribution in [0.15, 0.2) is 28.9 Å². The molecule has 1 aromatic carbocycles. The fraction of sp³-hybridized carbons (Fsp3) is 0.231. The zero-order valence-corrected chi connectivity index (χ0v) is 13.6. The molecule has 2 amide bonds. The van der Waals surface area contributed by atoms with E-state index in [1.807, 2.05) is 6.92 Å². The van der Waals surface area contributed by atoms with Gasteiger partial charge in [0.15, 0.2) is 5.75 Å². The molecule has 21 heavy (non-hydrogen) atoms. The molecule has 0 aliphatic carbocycles. The lowest BCUT2D eigenvalue weighted by Gasteiger charge is -2.14. The molecular weight excluding hydrogens is 360 g/mol. The molecule has 0 bridgehead atoms. The van der Waals surface area contributed by atoms with E-state index in [1.165, 1.54) is 0 Å². The van der Waals surface area contributed by atoms with E-state index in [0.29, 0.717) is 34.1 Å². The first kappa shape index (κ1) is 15.7. The van der Waals surface area contributed by atoms with Crippen molar-refractivity contribution >= 4 is 39.2 Å². The molecule has 0 unspecified atom stereocenters. The van der Waals surface area contributed by atoms with Gasteiger partial charge in [-0.15, -0.1) is 0 Å². The molecule has 6 nitrogen and oxygen atoms in total. The van der Waals surface area contributed by atoms with Crippen molar-refractivity contribution in [3.63, 3.8) is 0 Å². The van der Waals surface area contributed by atoms with Gasteiger partial charge in [-0.1, -0.05) is 11.6 Å². The van der Waals surface area contributed by atoms with Crippen LogP contribution >= 0.6 is 27.5 Å². The lowest BCUT2D eigenvalue weighted by atomic mass is 10.3. The van der Waals surface area contributed by atoms with Crippen LogP contribution < -0.4 is 15.4 Å². The fourth-order valence-corrected chi connectivity index (χ4v) is 2.59. The number of H-pyrrole nitrogens is 1. The zero-order chi connectivity index (χ0) is 15.2. The van der Waals surface area contributed by atoms with Gasteiger partial charge >= 0.3 is 6.03 Å². The van der Waals surface area contributed by atoms with Gasteiger partial charge in [-0.25, -0.2) is 4.79 Å². The van der Waals surface area contributed by atoms with Crippen LogP contribution in [0.25, 0.3) is 0 Å². The largest absolute Gasteiger partial charge is 0.491 e. The SMILES string of the molecule is CCOc1c(Br)cc(Cl)cc1NC(=O)NCc1ccn[nH]1. The summed E-state index contributed by atoms with van der Waals surface area (Å²) in [6.07, 6.45) is 1.62. The third kappa shape index (κ3) is 4.37. The number of benzene rings is 1. The Hall–Kier alpha value is -1.73. The van der Waals surface area contributed by atoms with Crippen molar-refractivity contribution in [2.45, 2.75) is 13.5 Å². The van der Waals surface area contributed by atoms with E-state index >= 15 is 0 Å². The van der Waals surface area contributed by atoms with Gasteiger partial charge in [0.05, 0.1) is 29.0 Å². The highest BCUT2D eigenvalue weighted by molar-refractivity contribution is 9.10. The van der Waals surface area contributed by atoms with Crippen LogP contribution in [0.5, 0.6) is 5.75 Å². The maximum absolute atomic E-state index is 11.9. The number of nitrogens with one attached hydrogen (secondary N) is 3. The van der Waals surface area contributed by atoms with Gasteiger partial charge in [-0.2, -0.15) is 5.10 Å². The van der Waals surface area contributed by atoms with E-state index in [4.69, 9.17) is 16.3 Å². The molecule has 3 N–H and O–H groups in total. The van der Waals surface area contributed by atoms with E-state index in [2.05, 4.69) is 36.8 Å². The van der Waals surface area contributed by atoms with Crippen molar-refractivity contribution < 1.29 is 9.53 Å². The third-order valence-electron chi connectivity index (χ3n) is 2.54. The highest BCUT2D eigenvalue weighted by Gasteiger charge is 2.12. The summed E-state index contributed by atoms with van der Waals surface area (Å²) in [7, 11) is 0. The summed E-state index contributed by atoms with van der Waals surface area (Å²) in [5.41, 5.74) is 1.31. The first-order chi connectivity index (χ1) is 10.1. The molecule has 2 aromatic rings. The van der Waals surface area contributed by atoms with E-state index in [9.17, 15) is 4.79 Å². The van der Waals surface area contributed by atoms with Crippen LogP contribution in [0.4, 0.5) is 10.5 Å². The van der Waals surface area contributed by atoms with Gasteiger partial charge in [0.2, 0.25) is 0 Å². The van der Waals surface area contributed by atoms with Gasteiger partial charge in [0.25, 0.3) is 0 Å². The molecule has 0 atom stereocenters. The summed E-state index contributed by atoms with van der Waals surface area (Å²) < 4.78 is 6.19. The molecule has 0 saturated heterocycles. The summed E-state index contributed by atoms with van der Waals surface area (Å²) in [4.78, 5) is 11.9. The molecule has 8 heteroatoms.